The van der Waals surface area contributed by atoms with E-state index >= 15 is 0 Å². The van der Waals surface area contributed by atoms with Crippen LogP contribution in [0.3, 0.4) is 0 Å². The highest BCUT2D eigenvalue weighted by molar-refractivity contribution is 6.31. The maximum atomic E-state index is 13.8. The first-order chi connectivity index (χ1) is 12.7. The second kappa shape index (κ2) is 8.87. The molecule has 0 saturated heterocycles. The quantitative estimate of drug-likeness (QED) is 0.638. The van der Waals surface area contributed by atoms with Gasteiger partial charge in [0, 0.05) is 12.3 Å². The largest absolute Gasteiger partial charge is 0.468 e. The summed E-state index contributed by atoms with van der Waals surface area (Å²) in [4.78, 5) is 15.7. The molecule has 0 aliphatic rings. The highest BCUT2D eigenvalue weighted by atomic mass is 35.5. The zero-order chi connectivity index (χ0) is 20.0. The van der Waals surface area contributed by atoms with Crippen LogP contribution in [0.4, 0.5) is 28.0 Å². The van der Waals surface area contributed by atoms with E-state index < -0.39 is 37.3 Å². The van der Waals surface area contributed by atoms with E-state index in [1.54, 1.807) is 0 Å². The lowest BCUT2D eigenvalue weighted by Gasteiger charge is -2.18. The number of amides is 2. The molecule has 27 heavy (non-hydrogen) atoms. The summed E-state index contributed by atoms with van der Waals surface area (Å²) in [5, 5.41) is 13.9. The molecule has 0 radical (unpaired) electrons. The predicted octanol–water partition coefficient (Wildman–Crippen LogP) is 3.67. The second-order valence-electron chi connectivity index (χ2n) is 5.27. The van der Waals surface area contributed by atoms with E-state index in [-0.39, 0.29) is 22.2 Å². The number of carbonyl (C=O) groups excluding carboxylic acids is 1. The van der Waals surface area contributed by atoms with Gasteiger partial charge in [-0.2, -0.15) is 13.2 Å². The van der Waals surface area contributed by atoms with E-state index in [1.165, 1.54) is 30.5 Å². The molecular formula is C16H14ClF4N3O3. The van der Waals surface area contributed by atoms with Gasteiger partial charge in [-0.3, -0.25) is 0 Å². The van der Waals surface area contributed by atoms with E-state index in [9.17, 15) is 27.5 Å². The summed E-state index contributed by atoms with van der Waals surface area (Å²) in [7, 11) is 0. The number of pyridine rings is 1. The third-order valence-electron chi connectivity index (χ3n) is 3.23. The molecule has 146 valence electrons. The molecule has 1 aromatic heterocycles. The highest BCUT2D eigenvalue weighted by Crippen LogP contribution is 2.23. The van der Waals surface area contributed by atoms with Gasteiger partial charge in [-0.25, -0.2) is 14.2 Å². The summed E-state index contributed by atoms with van der Waals surface area (Å²) < 4.78 is 54.9. The van der Waals surface area contributed by atoms with Crippen molar-refractivity contribution >= 4 is 23.3 Å². The molecule has 11 heteroatoms. The Bertz CT molecular complexity index is 805. The Kier molecular flexibility index (Phi) is 6.81. The third-order valence-corrected chi connectivity index (χ3v) is 3.52. The molecule has 6 nitrogen and oxygen atoms in total. The lowest BCUT2D eigenvalue weighted by molar-refractivity contribution is -0.154. The van der Waals surface area contributed by atoms with Gasteiger partial charge in [-0.15, -0.1) is 0 Å². The van der Waals surface area contributed by atoms with Gasteiger partial charge in [0.2, 0.25) is 5.88 Å². The van der Waals surface area contributed by atoms with Crippen molar-refractivity contribution in [1.82, 2.24) is 10.3 Å². The Morgan fingerprint density at radius 2 is 2.07 bits per heavy atom. The molecule has 1 aromatic carbocycles. The van der Waals surface area contributed by atoms with Gasteiger partial charge in [0.1, 0.15) is 0 Å². The number of rotatable bonds is 6. The SMILES string of the molecule is O=C(Nc1cccc(Cl)c1F)NC(CO)c1ccnc(OCC(F)(F)F)c1. The van der Waals surface area contributed by atoms with Gasteiger partial charge in [0.15, 0.2) is 12.4 Å². The summed E-state index contributed by atoms with van der Waals surface area (Å²) in [6.45, 7) is -2.11. The minimum absolute atomic E-state index is 0.180. The van der Waals surface area contributed by atoms with Gasteiger partial charge < -0.3 is 20.5 Å². The number of carbonyl (C=O) groups is 1. The first-order valence-electron chi connectivity index (χ1n) is 7.47. The Labute approximate surface area is 156 Å². The fourth-order valence-corrected chi connectivity index (χ4v) is 2.20. The van der Waals surface area contributed by atoms with Gasteiger partial charge in [0.25, 0.3) is 0 Å². The van der Waals surface area contributed by atoms with Gasteiger partial charge >= 0.3 is 12.2 Å². The zero-order valence-electron chi connectivity index (χ0n) is 13.6. The Morgan fingerprint density at radius 3 is 2.74 bits per heavy atom. The average molecular weight is 408 g/mol. The van der Waals surface area contributed by atoms with Crippen molar-refractivity contribution < 1.29 is 32.2 Å². The monoisotopic (exact) mass is 407 g/mol. The van der Waals surface area contributed by atoms with Crippen molar-refractivity contribution in [2.24, 2.45) is 0 Å². The Hall–Kier alpha value is -2.59. The number of benzene rings is 1. The van der Waals surface area contributed by atoms with Gasteiger partial charge in [-0.05, 0) is 23.8 Å². The number of hydrogen-bond acceptors (Lipinski definition) is 4. The van der Waals surface area contributed by atoms with Crippen molar-refractivity contribution in [3.63, 3.8) is 0 Å². The normalized spacial score (nSPS) is 12.4. The molecule has 2 amide bonds. The number of ether oxygens (including phenoxy) is 1. The molecule has 0 bridgehead atoms. The first-order valence-corrected chi connectivity index (χ1v) is 7.85. The van der Waals surface area contributed by atoms with Crippen LogP contribution in [0, 0.1) is 5.82 Å². The van der Waals surface area contributed by atoms with Crippen LogP contribution in [0.15, 0.2) is 36.5 Å². The molecule has 1 atom stereocenters. The Balaban J connectivity index is 2.06. The van der Waals surface area contributed by atoms with Crippen LogP contribution in [-0.2, 0) is 0 Å². The molecule has 1 unspecified atom stereocenters. The number of nitrogens with zero attached hydrogens (tertiary/aromatic N) is 1. The number of aliphatic hydroxyl groups excluding tert-OH is 1. The zero-order valence-corrected chi connectivity index (χ0v) is 14.3. The molecule has 0 saturated carbocycles. The minimum Gasteiger partial charge on any atom is -0.468 e. The van der Waals surface area contributed by atoms with Crippen LogP contribution in [0.25, 0.3) is 0 Å². The van der Waals surface area contributed by atoms with Crippen LogP contribution in [0.2, 0.25) is 5.02 Å². The van der Waals surface area contributed by atoms with Crippen molar-refractivity contribution in [3.05, 3.63) is 52.9 Å². The number of hydrogen-bond donors (Lipinski definition) is 3. The number of nitrogens with one attached hydrogen (secondary N) is 2. The van der Waals surface area contributed by atoms with Crippen LogP contribution in [-0.4, -0.2) is 35.5 Å². The van der Waals surface area contributed by atoms with E-state index in [1.807, 2.05) is 0 Å². The summed E-state index contributed by atoms with van der Waals surface area (Å²) >= 11 is 5.62. The molecule has 3 N–H and O–H groups in total. The fraction of sp³-hybridized carbons (Fsp3) is 0.250. The van der Waals surface area contributed by atoms with Crippen molar-refractivity contribution in [2.45, 2.75) is 12.2 Å². The summed E-state index contributed by atoms with van der Waals surface area (Å²) in [6.07, 6.45) is -3.37. The highest BCUT2D eigenvalue weighted by Gasteiger charge is 2.28. The topological polar surface area (TPSA) is 83.5 Å². The van der Waals surface area contributed by atoms with Crippen LogP contribution < -0.4 is 15.4 Å². The Morgan fingerprint density at radius 1 is 1.33 bits per heavy atom. The lowest BCUT2D eigenvalue weighted by Crippen LogP contribution is -2.34. The smallest absolute Gasteiger partial charge is 0.422 e. The number of aromatic nitrogens is 1. The molecule has 2 rings (SSSR count). The molecular weight excluding hydrogens is 394 g/mol. The summed E-state index contributed by atoms with van der Waals surface area (Å²) in [5.74, 6) is -1.16. The molecule has 0 aliphatic heterocycles. The lowest BCUT2D eigenvalue weighted by atomic mass is 10.1. The predicted molar refractivity (Wildman–Crippen MR) is 89.2 cm³/mol. The molecule has 0 aliphatic carbocycles. The molecule has 2 aromatic rings. The number of urea groups is 1. The number of alkyl halides is 3. The van der Waals surface area contributed by atoms with Gasteiger partial charge in [-0.1, -0.05) is 17.7 Å². The maximum absolute atomic E-state index is 13.8. The summed E-state index contributed by atoms with van der Waals surface area (Å²) in [5.41, 5.74) is 0.0620. The van der Waals surface area contributed by atoms with E-state index in [0.717, 1.165) is 6.07 Å². The average Bonchev–Trinajstić information content (AvgIpc) is 2.61. The standard InChI is InChI=1S/C16H14ClF4N3O3/c17-10-2-1-3-11(14(10)18)23-15(26)24-12(7-25)9-4-5-22-13(6-9)27-8-16(19,20)21/h1-6,12,25H,7-8H2,(H2,23,24,26). The molecule has 1 heterocycles. The summed E-state index contributed by atoms with van der Waals surface area (Å²) in [6, 6.07) is 4.68. The number of aliphatic hydroxyl groups is 1. The number of anilines is 1. The van der Waals surface area contributed by atoms with E-state index in [4.69, 9.17) is 11.6 Å². The van der Waals surface area contributed by atoms with Crippen molar-refractivity contribution in [2.75, 3.05) is 18.5 Å². The van der Waals surface area contributed by atoms with E-state index in [0.29, 0.717) is 0 Å². The van der Waals surface area contributed by atoms with Crippen LogP contribution >= 0.6 is 11.6 Å². The first kappa shape index (κ1) is 20.7. The van der Waals surface area contributed by atoms with Crippen LogP contribution in [0.1, 0.15) is 11.6 Å². The third kappa shape index (κ3) is 6.26. The van der Waals surface area contributed by atoms with Crippen LogP contribution in [0.5, 0.6) is 5.88 Å². The maximum Gasteiger partial charge on any atom is 0.422 e. The second-order valence-corrected chi connectivity index (χ2v) is 5.67. The fourth-order valence-electron chi connectivity index (χ4n) is 2.03. The van der Waals surface area contributed by atoms with Crippen molar-refractivity contribution in [1.29, 1.82) is 0 Å². The molecule has 0 spiro atoms. The van der Waals surface area contributed by atoms with Gasteiger partial charge in [0.05, 0.1) is 23.4 Å². The molecule has 0 fully saturated rings. The minimum atomic E-state index is -4.53. The number of halogens is 5. The van der Waals surface area contributed by atoms with E-state index in [2.05, 4.69) is 20.4 Å². The van der Waals surface area contributed by atoms with Crippen molar-refractivity contribution in [3.8, 4) is 5.88 Å².